The van der Waals surface area contributed by atoms with Crippen molar-refractivity contribution in [2.45, 2.75) is 30.6 Å². The molecule has 1 saturated heterocycles. The molecule has 0 bridgehead atoms. The first-order chi connectivity index (χ1) is 16.0. The SMILES string of the molecule is COc1ccccc1-c1nnc(C2CCN(S(=O)(=O)c3cccc4ccc(C)nc34)CC2)s1. The van der Waals surface area contributed by atoms with Crippen LogP contribution in [0.15, 0.2) is 59.5 Å². The van der Waals surface area contributed by atoms with Crippen LogP contribution >= 0.6 is 11.3 Å². The van der Waals surface area contributed by atoms with Gasteiger partial charge in [0.05, 0.1) is 18.2 Å². The number of hydrogen-bond acceptors (Lipinski definition) is 7. The highest BCUT2D eigenvalue weighted by Crippen LogP contribution is 2.37. The van der Waals surface area contributed by atoms with E-state index in [9.17, 15) is 8.42 Å². The normalized spacial score (nSPS) is 15.7. The van der Waals surface area contributed by atoms with Crippen molar-refractivity contribution in [2.24, 2.45) is 0 Å². The zero-order valence-corrected chi connectivity index (χ0v) is 20.1. The maximum absolute atomic E-state index is 13.5. The largest absolute Gasteiger partial charge is 0.496 e. The quantitative estimate of drug-likeness (QED) is 0.414. The van der Waals surface area contributed by atoms with Crippen LogP contribution in [0.2, 0.25) is 0 Å². The minimum atomic E-state index is -3.64. The Hall–Kier alpha value is -2.88. The monoisotopic (exact) mass is 480 g/mol. The minimum Gasteiger partial charge on any atom is -0.496 e. The summed E-state index contributed by atoms with van der Waals surface area (Å²) in [6.45, 7) is 2.76. The Balaban J connectivity index is 1.35. The molecule has 170 valence electrons. The summed E-state index contributed by atoms with van der Waals surface area (Å²) in [6, 6.07) is 16.9. The van der Waals surface area contributed by atoms with Crippen LogP contribution in [-0.2, 0) is 10.0 Å². The molecule has 0 N–H and O–H groups in total. The number of benzene rings is 2. The molecule has 5 rings (SSSR count). The summed E-state index contributed by atoms with van der Waals surface area (Å²) in [6.07, 6.45) is 1.41. The van der Waals surface area contributed by atoms with Crippen molar-refractivity contribution in [2.75, 3.05) is 20.2 Å². The van der Waals surface area contributed by atoms with Crippen LogP contribution in [0.1, 0.15) is 29.5 Å². The standard InChI is InChI=1S/C24H24N4O3S2/c1-16-10-11-17-6-5-9-21(22(17)25-16)33(29,30)28-14-12-18(13-15-28)23-26-27-24(32-23)19-7-3-4-8-20(19)31-2/h3-11,18H,12-15H2,1-2H3. The highest BCUT2D eigenvalue weighted by Gasteiger charge is 2.32. The number of nitrogens with zero attached hydrogens (tertiary/aromatic N) is 4. The van der Waals surface area contributed by atoms with Crippen molar-refractivity contribution in [3.63, 3.8) is 0 Å². The topological polar surface area (TPSA) is 85.3 Å². The number of piperidine rings is 1. The van der Waals surface area contributed by atoms with Gasteiger partial charge in [-0.2, -0.15) is 4.31 Å². The van der Waals surface area contributed by atoms with E-state index in [4.69, 9.17) is 4.74 Å². The Kier molecular flexibility index (Phi) is 5.86. The Labute approximate surface area is 197 Å². The molecule has 4 aromatic rings. The van der Waals surface area contributed by atoms with Gasteiger partial charge in [0.2, 0.25) is 10.0 Å². The van der Waals surface area contributed by atoms with Crippen molar-refractivity contribution in [3.8, 4) is 16.3 Å². The fraction of sp³-hybridized carbons (Fsp3) is 0.292. The summed E-state index contributed by atoms with van der Waals surface area (Å²) < 4.78 is 33.9. The van der Waals surface area contributed by atoms with Crippen molar-refractivity contribution in [1.29, 1.82) is 0 Å². The molecule has 9 heteroatoms. The van der Waals surface area contributed by atoms with E-state index in [1.165, 1.54) is 0 Å². The molecule has 2 aromatic heterocycles. The number of rotatable bonds is 5. The van der Waals surface area contributed by atoms with Crippen molar-refractivity contribution in [1.82, 2.24) is 19.5 Å². The number of hydrogen-bond donors (Lipinski definition) is 0. The molecule has 1 aliphatic rings. The zero-order chi connectivity index (χ0) is 23.0. The molecule has 33 heavy (non-hydrogen) atoms. The third-order valence-electron chi connectivity index (χ3n) is 6.02. The molecule has 7 nitrogen and oxygen atoms in total. The molecule has 2 aromatic carbocycles. The Morgan fingerprint density at radius 2 is 1.79 bits per heavy atom. The molecule has 1 aliphatic heterocycles. The summed E-state index contributed by atoms with van der Waals surface area (Å²) in [7, 11) is -1.99. The summed E-state index contributed by atoms with van der Waals surface area (Å²) in [5, 5.41) is 11.4. The second kappa shape index (κ2) is 8.81. The Morgan fingerprint density at radius 3 is 2.58 bits per heavy atom. The van der Waals surface area contributed by atoms with Crippen LogP contribution < -0.4 is 4.74 Å². The summed E-state index contributed by atoms with van der Waals surface area (Å²) in [5.41, 5.74) is 2.25. The summed E-state index contributed by atoms with van der Waals surface area (Å²) >= 11 is 1.55. The molecule has 0 saturated carbocycles. The molecule has 1 fully saturated rings. The van der Waals surface area contributed by atoms with E-state index in [-0.39, 0.29) is 10.8 Å². The first kappa shape index (κ1) is 21.9. The maximum Gasteiger partial charge on any atom is 0.245 e. The third-order valence-corrected chi connectivity index (χ3v) is 9.07. The second-order valence-corrected chi connectivity index (χ2v) is 11.0. The number of methoxy groups -OCH3 is 1. The lowest BCUT2D eigenvalue weighted by Gasteiger charge is -2.30. The maximum atomic E-state index is 13.5. The molecule has 0 aliphatic carbocycles. The lowest BCUT2D eigenvalue weighted by Crippen LogP contribution is -2.38. The number of sulfonamides is 1. The van der Waals surface area contributed by atoms with Gasteiger partial charge in [-0.1, -0.05) is 41.7 Å². The average molecular weight is 481 g/mol. The Morgan fingerprint density at radius 1 is 1.00 bits per heavy atom. The first-order valence-electron chi connectivity index (χ1n) is 10.8. The number of aromatic nitrogens is 3. The van der Waals surface area contributed by atoms with Gasteiger partial charge in [-0.3, -0.25) is 4.98 Å². The van der Waals surface area contributed by atoms with Gasteiger partial charge in [0.15, 0.2) is 5.01 Å². The number of fused-ring (bicyclic) bond motifs is 1. The van der Waals surface area contributed by atoms with Gasteiger partial charge in [0, 0.05) is 30.1 Å². The fourth-order valence-electron chi connectivity index (χ4n) is 4.24. The number of ether oxygens (including phenoxy) is 1. The lowest BCUT2D eigenvalue weighted by molar-refractivity contribution is 0.319. The van der Waals surface area contributed by atoms with Crippen LogP contribution in [0.3, 0.4) is 0 Å². The molecule has 0 unspecified atom stereocenters. The lowest BCUT2D eigenvalue weighted by atomic mass is 9.99. The van der Waals surface area contributed by atoms with E-state index >= 15 is 0 Å². The van der Waals surface area contributed by atoms with Crippen LogP contribution in [0.25, 0.3) is 21.5 Å². The molecular weight excluding hydrogens is 456 g/mol. The predicted molar refractivity (Wildman–Crippen MR) is 129 cm³/mol. The highest BCUT2D eigenvalue weighted by atomic mass is 32.2. The van der Waals surface area contributed by atoms with E-state index in [0.29, 0.717) is 31.4 Å². The van der Waals surface area contributed by atoms with Gasteiger partial charge in [0.1, 0.15) is 15.7 Å². The van der Waals surface area contributed by atoms with Gasteiger partial charge >= 0.3 is 0 Å². The molecule has 0 radical (unpaired) electrons. The first-order valence-corrected chi connectivity index (χ1v) is 13.1. The average Bonchev–Trinajstić information content (AvgIpc) is 3.34. The van der Waals surface area contributed by atoms with E-state index in [1.807, 2.05) is 49.4 Å². The molecule has 0 amide bonds. The highest BCUT2D eigenvalue weighted by molar-refractivity contribution is 7.89. The predicted octanol–water partition coefficient (Wildman–Crippen LogP) is 4.64. The molecule has 0 atom stereocenters. The van der Waals surface area contributed by atoms with Crippen molar-refractivity contribution in [3.05, 3.63) is 65.3 Å². The molecule has 0 spiro atoms. The van der Waals surface area contributed by atoms with E-state index in [1.54, 1.807) is 34.9 Å². The summed E-state index contributed by atoms with van der Waals surface area (Å²) in [4.78, 5) is 4.79. The van der Waals surface area contributed by atoms with Crippen LogP contribution in [0, 0.1) is 6.92 Å². The fourth-order valence-corrected chi connectivity index (χ4v) is 6.91. The number of para-hydroxylation sites is 2. The van der Waals surface area contributed by atoms with Crippen LogP contribution in [-0.4, -0.2) is 48.1 Å². The van der Waals surface area contributed by atoms with Gasteiger partial charge in [-0.15, -0.1) is 10.2 Å². The third kappa shape index (κ3) is 4.12. The second-order valence-electron chi connectivity index (χ2n) is 8.10. The molecular formula is C24H24N4O3S2. The molecule has 3 heterocycles. The van der Waals surface area contributed by atoms with E-state index in [0.717, 1.165) is 32.4 Å². The van der Waals surface area contributed by atoms with E-state index in [2.05, 4.69) is 15.2 Å². The van der Waals surface area contributed by atoms with Crippen LogP contribution in [0.5, 0.6) is 5.75 Å². The minimum absolute atomic E-state index is 0.185. The van der Waals surface area contributed by atoms with Crippen molar-refractivity contribution < 1.29 is 13.2 Å². The van der Waals surface area contributed by atoms with Gasteiger partial charge in [-0.25, -0.2) is 8.42 Å². The Bertz CT molecular complexity index is 1410. The van der Waals surface area contributed by atoms with Gasteiger partial charge in [0.25, 0.3) is 0 Å². The van der Waals surface area contributed by atoms with Gasteiger partial charge < -0.3 is 4.74 Å². The smallest absolute Gasteiger partial charge is 0.245 e. The van der Waals surface area contributed by atoms with Gasteiger partial charge in [-0.05, 0) is 44.0 Å². The van der Waals surface area contributed by atoms with Crippen molar-refractivity contribution >= 4 is 32.3 Å². The van der Waals surface area contributed by atoms with Crippen LogP contribution in [0.4, 0.5) is 0 Å². The zero-order valence-electron chi connectivity index (χ0n) is 18.4. The number of pyridine rings is 1. The van der Waals surface area contributed by atoms with E-state index < -0.39 is 10.0 Å². The number of aryl methyl sites for hydroxylation is 1. The summed E-state index contributed by atoms with van der Waals surface area (Å²) in [5.74, 6) is 0.949.